The number of aliphatic hydroxyl groups excluding tert-OH is 1. The van der Waals surface area contributed by atoms with Crippen LogP contribution in [0.4, 0.5) is 17.5 Å². The Bertz CT molecular complexity index is 907. The Morgan fingerprint density at radius 3 is 2.32 bits per heavy atom. The van der Waals surface area contributed by atoms with Crippen molar-refractivity contribution in [1.29, 1.82) is 0 Å². The molecule has 0 amide bonds. The van der Waals surface area contributed by atoms with Crippen molar-refractivity contribution in [2.75, 3.05) is 17.2 Å². The van der Waals surface area contributed by atoms with Crippen LogP contribution in [-0.4, -0.2) is 32.7 Å². The second-order valence-electron chi connectivity index (χ2n) is 7.25. The minimum atomic E-state index is -0.132. The first-order chi connectivity index (χ1) is 13.5. The molecule has 0 saturated carbocycles. The lowest BCUT2D eigenvalue weighted by molar-refractivity contribution is 0.248. The van der Waals surface area contributed by atoms with Gasteiger partial charge >= 0.3 is 0 Å². The van der Waals surface area contributed by atoms with E-state index in [1.807, 2.05) is 44.2 Å². The van der Waals surface area contributed by atoms with E-state index in [0.29, 0.717) is 17.5 Å². The maximum absolute atomic E-state index is 9.68. The van der Waals surface area contributed by atoms with E-state index in [1.165, 1.54) is 0 Å². The van der Waals surface area contributed by atoms with Crippen LogP contribution in [0.2, 0.25) is 0 Å². The van der Waals surface area contributed by atoms with Gasteiger partial charge in [0.05, 0.1) is 24.0 Å². The third-order valence-electron chi connectivity index (χ3n) is 4.70. The first kappa shape index (κ1) is 19.8. The van der Waals surface area contributed by atoms with Crippen LogP contribution >= 0.6 is 0 Å². The molecule has 6 heteroatoms. The summed E-state index contributed by atoms with van der Waals surface area (Å²) in [5.41, 5.74) is 4.79. The number of aryl methyl sites for hydroxylation is 2. The van der Waals surface area contributed by atoms with Gasteiger partial charge in [0, 0.05) is 18.0 Å². The van der Waals surface area contributed by atoms with E-state index >= 15 is 0 Å². The van der Waals surface area contributed by atoms with Crippen LogP contribution in [-0.2, 0) is 0 Å². The Labute approximate surface area is 166 Å². The molecule has 2 aromatic heterocycles. The molecule has 6 nitrogen and oxygen atoms in total. The summed E-state index contributed by atoms with van der Waals surface area (Å²) in [5, 5.41) is 16.4. The average Bonchev–Trinajstić information content (AvgIpc) is 2.69. The van der Waals surface area contributed by atoms with Gasteiger partial charge in [-0.1, -0.05) is 38.1 Å². The van der Waals surface area contributed by atoms with E-state index in [0.717, 1.165) is 22.5 Å². The molecular weight excluding hydrogens is 350 g/mol. The van der Waals surface area contributed by atoms with Crippen LogP contribution in [0, 0.1) is 19.8 Å². The lowest BCUT2D eigenvalue weighted by Gasteiger charge is -2.21. The van der Waals surface area contributed by atoms with Gasteiger partial charge in [0.1, 0.15) is 5.82 Å². The molecule has 2 heterocycles. The predicted molar refractivity (Wildman–Crippen MR) is 114 cm³/mol. The van der Waals surface area contributed by atoms with Crippen LogP contribution < -0.4 is 10.6 Å². The van der Waals surface area contributed by atoms with Gasteiger partial charge < -0.3 is 15.7 Å². The van der Waals surface area contributed by atoms with Gasteiger partial charge in [-0.3, -0.25) is 4.98 Å². The van der Waals surface area contributed by atoms with Crippen molar-refractivity contribution in [3.63, 3.8) is 0 Å². The zero-order valence-electron chi connectivity index (χ0n) is 16.8. The Hall–Kier alpha value is -2.99. The number of aliphatic hydroxyl groups is 1. The van der Waals surface area contributed by atoms with Crippen LogP contribution in [0.25, 0.3) is 11.4 Å². The molecule has 146 valence electrons. The SMILES string of the molecule is Cc1cccc(C)c1Nc1cc(-c2ccccn2)nc(N[C@H](CO)C(C)C)n1. The highest BCUT2D eigenvalue weighted by Gasteiger charge is 2.16. The fourth-order valence-electron chi connectivity index (χ4n) is 2.95. The zero-order valence-corrected chi connectivity index (χ0v) is 16.8. The van der Waals surface area contributed by atoms with Gasteiger partial charge in [0.15, 0.2) is 0 Å². The second kappa shape index (κ2) is 8.80. The normalized spacial score (nSPS) is 12.1. The van der Waals surface area contributed by atoms with Crippen molar-refractivity contribution in [2.45, 2.75) is 33.7 Å². The number of pyridine rings is 1. The summed E-state index contributed by atoms with van der Waals surface area (Å²) in [6.45, 7) is 8.24. The van der Waals surface area contributed by atoms with Gasteiger partial charge in [-0.15, -0.1) is 0 Å². The van der Waals surface area contributed by atoms with E-state index in [1.54, 1.807) is 6.20 Å². The molecule has 0 fully saturated rings. The maximum atomic E-state index is 9.68. The fraction of sp³-hybridized carbons (Fsp3) is 0.318. The van der Waals surface area contributed by atoms with E-state index in [-0.39, 0.29) is 18.6 Å². The zero-order chi connectivity index (χ0) is 20.1. The first-order valence-corrected chi connectivity index (χ1v) is 9.49. The Kier molecular flexibility index (Phi) is 6.21. The van der Waals surface area contributed by atoms with E-state index in [9.17, 15) is 5.11 Å². The molecule has 3 aromatic rings. The molecule has 0 aliphatic carbocycles. The van der Waals surface area contributed by atoms with Gasteiger partial charge in [0.25, 0.3) is 0 Å². The number of para-hydroxylation sites is 1. The van der Waals surface area contributed by atoms with Crippen molar-refractivity contribution >= 4 is 17.5 Å². The van der Waals surface area contributed by atoms with Gasteiger partial charge in [-0.2, -0.15) is 4.98 Å². The number of nitrogens with zero attached hydrogens (tertiary/aromatic N) is 3. The molecule has 28 heavy (non-hydrogen) atoms. The standard InChI is InChI=1S/C22H27N5O/c1-14(2)19(13-28)25-22-24-18(17-10-5-6-11-23-17)12-20(27-22)26-21-15(3)8-7-9-16(21)4/h5-12,14,19,28H,13H2,1-4H3,(H2,24,25,26,27)/t19-/m1/s1. The topological polar surface area (TPSA) is 83.0 Å². The summed E-state index contributed by atoms with van der Waals surface area (Å²) in [5.74, 6) is 1.38. The monoisotopic (exact) mass is 377 g/mol. The highest BCUT2D eigenvalue weighted by Crippen LogP contribution is 2.26. The quantitative estimate of drug-likeness (QED) is 0.568. The van der Waals surface area contributed by atoms with Crippen molar-refractivity contribution in [2.24, 2.45) is 5.92 Å². The molecule has 0 aliphatic rings. The van der Waals surface area contributed by atoms with Crippen LogP contribution in [0.15, 0.2) is 48.7 Å². The summed E-state index contributed by atoms with van der Waals surface area (Å²) in [6, 6.07) is 13.7. The molecule has 0 spiro atoms. The average molecular weight is 377 g/mol. The molecule has 0 bridgehead atoms. The lowest BCUT2D eigenvalue weighted by atomic mass is 10.1. The molecule has 1 atom stereocenters. The summed E-state index contributed by atoms with van der Waals surface area (Å²) in [6.07, 6.45) is 1.74. The van der Waals surface area contributed by atoms with Gasteiger partial charge in [-0.25, -0.2) is 4.98 Å². The Morgan fingerprint density at radius 2 is 1.71 bits per heavy atom. The summed E-state index contributed by atoms with van der Waals surface area (Å²) in [4.78, 5) is 13.7. The van der Waals surface area contributed by atoms with Crippen LogP contribution in [0.1, 0.15) is 25.0 Å². The first-order valence-electron chi connectivity index (χ1n) is 9.49. The van der Waals surface area contributed by atoms with Crippen molar-refractivity contribution in [3.05, 3.63) is 59.8 Å². The number of nitrogens with one attached hydrogen (secondary N) is 2. The second-order valence-corrected chi connectivity index (χ2v) is 7.25. The van der Waals surface area contributed by atoms with E-state index < -0.39 is 0 Å². The third-order valence-corrected chi connectivity index (χ3v) is 4.70. The van der Waals surface area contributed by atoms with Crippen molar-refractivity contribution < 1.29 is 5.11 Å². The maximum Gasteiger partial charge on any atom is 0.225 e. The van der Waals surface area contributed by atoms with Crippen LogP contribution in [0.3, 0.4) is 0 Å². The number of hydrogen-bond donors (Lipinski definition) is 3. The van der Waals surface area contributed by atoms with Gasteiger partial charge in [-0.05, 0) is 43.0 Å². The molecule has 0 unspecified atom stereocenters. The molecular formula is C22H27N5O. The number of anilines is 3. The highest BCUT2D eigenvalue weighted by molar-refractivity contribution is 5.68. The lowest BCUT2D eigenvalue weighted by Crippen LogP contribution is -2.30. The smallest absolute Gasteiger partial charge is 0.225 e. The number of aromatic nitrogens is 3. The highest BCUT2D eigenvalue weighted by atomic mass is 16.3. The number of rotatable bonds is 7. The van der Waals surface area contributed by atoms with E-state index in [4.69, 9.17) is 0 Å². The minimum Gasteiger partial charge on any atom is -0.394 e. The molecule has 0 aliphatic heterocycles. The molecule has 3 N–H and O–H groups in total. The summed E-state index contributed by atoms with van der Waals surface area (Å²) < 4.78 is 0. The molecule has 0 saturated heterocycles. The molecule has 1 aromatic carbocycles. The van der Waals surface area contributed by atoms with Gasteiger partial charge in [0.2, 0.25) is 5.95 Å². The summed E-state index contributed by atoms with van der Waals surface area (Å²) >= 11 is 0. The van der Waals surface area contributed by atoms with E-state index in [2.05, 4.69) is 51.6 Å². The van der Waals surface area contributed by atoms with Crippen molar-refractivity contribution in [3.8, 4) is 11.4 Å². The van der Waals surface area contributed by atoms with Crippen molar-refractivity contribution in [1.82, 2.24) is 15.0 Å². The third kappa shape index (κ3) is 4.64. The largest absolute Gasteiger partial charge is 0.394 e. The minimum absolute atomic E-state index is 0.00844. The number of hydrogen-bond acceptors (Lipinski definition) is 6. The Morgan fingerprint density at radius 1 is 0.964 bits per heavy atom. The number of benzene rings is 1. The summed E-state index contributed by atoms with van der Waals surface area (Å²) in [7, 11) is 0. The predicted octanol–water partition coefficient (Wildman–Crippen LogP) is 4.33. The van der Waals surface area contributed by atoms with Crippen LogP contribution in [0.5, 0.6) is 0 Å². The fourth-order valence-corrected chi connectivity index (χ4v) is 2.95. The Balaban J connectivity index is 2.02. The molecule has 0 radical (unpaired) electrons. The molecule has 3 rings (SSSR count).